The van der Waals surface area contributed by atoms with Gasteiger partial charge in [-0.3, -0.25) is 4.79 Å². The zero-order valence-electron chi connectivity index (χ0n) is 18.9. The topological polar surface area (TPSA) is 92.3 Å². The zero-order chi connectivity index (χ0) is 23.5. The van der Waals surface area contributed by atoms with E-state index in [9.17, 15) is 13.2 Å². The molecular formula is C25H28N4O3S. The van der Waals surface area contributed by atoms with Crippen molar-refractivity contribution in [1.29, 1.82) is 0 Å². The highest BCUT2D eigenvalue weighted by Crippen LogP contribution is 2.38. The summed E-state index contributed by atoms with van der Waals surface area (Å²) in [6.45, 7) is 4.12. The van der Waals surface area contributed by atoms with Gasteiger partial charge in [0.2, 0.25) is 15.9 Å². The molecule has 0 spiro atoms. The van der Waals surface area contributed by atoms with E-state index in [1.54, 1.807) is 13.1 Å². The Morgan fingerprint density at radius 2 is 1.79 bits per heavy atom. The van der Waals surface area contributed by atoms with Gasteiger partial charge in [-0.25, -0.2) is 22.7 Å². The van der Waals surface area contributed by atoms with Crippen molar-refractivity contribution in [3.63, 3.8) is 0 Å². The minimum Gasteiger partial charge on any atom is -0.325 e. The Balaban J connectivity index is 1.62. The van der Waals surface area contributed by atoms with Crippen LogP contribution in [0, 0.1) is 6.92 Å². The largest absolute Gasteiger partial charge is 0.325 e. The summed E-state index contributed by atoms with van der Waals surface area (Å²) < 4.78 is 26.2. The van der Waals surface area contributed by atoms with Gasteiger partial charge >= 0.3 is 0 Å². The Labute approximate surface area is 194 Å². The number of piperidine rings is 1. The average molecular weight is 465 g/mol. The third-order valence-corrected chi connectivity index (χ3v) is 8.17. The Morgan fingerprint density at radius 3 is 2.45 bits per heavy atom. The molecule has 0 atom stereocenters. The van der Waals surface area contributed by atoms with Gasteiger partial charge in [-0.2, -0.15) is 0 Å². The van der Waals surface area contributed by atoms with Crippen molar-refractivity contribution in [3.05, 3.63) is 78.2 Å². The number of rotatable bonds is 6. The molecule has 0 radical (unpaired) electrons. The van der Waals surface area contributed by atoms with E-state index in [0.717, 1.165) is 16.8 Å². The van der Waals surface area contributed by atoms with Crippen molar-refractivity contribution in [2.75, 3.05) is 24.2 Å². The summed E-state index contributed by atoms with van der Waals surface area (Å²) >= 11 is 0. The van der Waals surface area contributed by atoms with Gasteiger partial charge in [0.15, 0.2) is 0 Å². The number of aromatic nitrogens is 2. The molecule has 172 valence electrons. The number of hydrogen-bond donors (Lipinski definition) is 1. The molecule has 1 aromatic heterocycles. The second-order valence-corrected chi connectivity index (χ2v) is 10.5. The summed E-state index contributed by atoms with van der Waals surface area (Å²) in [6.07, 6.45) is 2.56. The molecule has 33 heavy (non-hydrogen) atoms. The van der Waals surface area contributed by atoms with E-state index in [0.29, 0.717) is 37.4 Å². The molecule has 0 saturated carbocycles. The molecule has 1 aliphatic heterocycles. The number of nitrogens with zero attached hydrogens (tertiary/aromatic N) is 3. The minimum absolute atomic E-state index is 0.0623. The Morgan fingerprint density at radius 1 is 1.06 bits per heavy atom. The highest BCUT2D eigenvalue weighted by molar-refractivity contribution is 7.89. The standard InChI is InChI=1S/C25H28N4O3S/c1-3-33(31,32)29-16-13-25(14-17-29,21-9-5-4-6-10-21)24(30)28-22-11-7-8-20(18-22)23-12-15-26-19(2)27-23/h4-12,15,18H,3,13-14,16-17H2,1-2H3,(H,28,30). The fraction of sp³-hybridized carbons (Fsp3) is 0.320. The van der Waals surface area contributed by atoms with Crippen LogP contribution in [0.25, 0.3) is 11.3 Å². The molecule has 7 nitrogen and oxygen atoms in total. The molecule has 0 bridgehead atoms. The molecule has 1 N–H and O–H groups in total. The molecule has 4 rings (SSSR count). The highest BCUT2D eigenvalue weighted by atomic mass is 32.2. The van der Waals surface area contributed by atoms with Crippen LogP contribution in [0.4, 0.5) is 5.69 Å². The first-order valence-corrected chi connectivity index (χ1v) is 12.7. The molecular weight excluding hydrogens is 436 g/mol. The van der Waals surface area contributed by atoms with Crippen LogP contribution in [0.2, 0.25) is 0 Å². The van der Waals surface area contributed by atoms with Gasteiger partial charge in [0.25, 0.3) is 0 Å². The molecule has 1 saturated heterocycles. The fourth-order valence-corrected chi connectivity index (χ4v) is 5.46. The second kappa shape index (κ2) is 9.41. The van der Waals surface area contributed by atoms with Crippen molar-refractivity contribution >= 4 is 21.6 Å². The Kier molecular flexibility index (Phi) is 6.58. The lowest BCUT2D eigenvalue weighted by Crippen LogP contribution is -2.51. The average Bonchev–Trinajstić information content (AvgIpc) is 2.84. The summed E-state index contributed by atoms with van der Waals surface area (Å²) in [5, 5.41) is 3.09. The lowest BCUT2D eigenvalue weighted by molar-refractivity contribution is -0.123. The van der Waals surface area contributed by atoms with Crippen LogP contribution in [0.3, 0.4) is 0 Å². The molecule has 1 aliphatic rings. The first kappa shape index (κ1) is 23.1. The predicted octanol–water partition coefficient (Wildman–Crippen LogP) is 3.77. The number of carbonyl (C=O) groups is 1. The van der Waals surface area contributed by atoms with Crippen LogP contribution in [0.15, 0.2) is 66.9 Å². The third-order valence-electron chi connectivity index (χ3n) is 6.29. The maximum absolute atomic E-state index is 13.7. The lowest BCUT2D eigenvalue weighted by Gasteiger charge is -2.40. The predicted molar refractivity (Wildman–Crippen MR) is 129 cm³/mol. The molecule has 8 heteroatoms. The maximum Gasteiger partial charge on any atom is 0.235 e. The SMILES string of the molecule is CCS(=O)(=O)N1CCC(C(=O)Nc2cccc(-c3ccnc(C)n3)c2)(c2ccccc2)CC1. The number of aryl methyl sites for hydroxylation is 1. The summed E-state index contributed by atoms with van der Waals surface area (Å²) in [7, 11) is -3.29. The number of carbonyl (C=O) groups excluding carboxylic acids is 1. The third kappa shape index (κ3) is 4.82. The van der Waals surface area contributed by atoms with E-state index < -0.39 is 15.4 Å². The number of benzene rings is 2. The van der Waals surface area contributed by atoms with Crippen molar-refractivity contribution in [3.8, 4) is 11.3 Å². The number of hydrogen-bond acceptors (Lipinski definition) is 5. The van der Waals surface area contributed by atoms with Crippen LogP contribution in [-0.4, -0.2) is 47.4 Å². The van der Waals surface area contributed by atoms with Crippen LogP contribution in [-0.2, 0) is 20.2 Å². The summed E-state index contributed by atoms with van der Waals surface area (Å²) in [5.74, 6) is 0.615. The number of anilines is 1. The van der Waals surface area contributed by atoms with E-state index in [1.807, 2.05) is 67.6 Å². The van der Waals surface area contributed by atoms with Gasteiger partial charge in [-0.15, -0.1) is 0 Å². The summed E-state index contributed by atoms with van der Waals surface area (Å²) in [5.41, 5.74) is 2.44. The van der Waals surface area contributed by atoms with Gasteiger partial charge in [0.05, 0.1) is 16.9 Å². The quantitative estimate of drug-likeness (QED) is 0.599. The molecule has 2 aromatic carbocycles. The second-order valence-electron chi connectivity index (χ2n) is 8.27. The molecule has 0 aliphatic carbocycles. The summed E-state index contributed by atoms with van der Waals surface area (Å²) in [6, 6.07) is 19.1. The number of amides is 1. The van der Waals surface area contributed by atoms with Gasteiger partial charge < -0.3 is 5.32 Å². The van der Waals surface area contributed by atoms with Gasteiger partial charge in [0.1, 0.15) is 5.82 Å². The number of nitrogens with one attached hydrogen (secondary N) is 1. The van der Waals surface area contributed by atoms with Crippen LogP contribution >= 0.6 is 0 Å². The van der Waals surface area contributed by atoms with Crippen LogP contribution < -0.4 is 5.32 Å². The zero-order valence-corrected chi connectivity index (χ0v) is 19.7. The van der Waals surface area contributed by atoms with Gasteiger partial charge in [-0.05, 0) is 50.5 Å². The Bertz CT molecular complexity index is 1240. The van der Waals surface area contributed by atoms with Crippen molar-refractivity contribution < 1.29 is 13.2 Å². The monoisotopic (exact) mass is 464 g/mol. The lowest BCUT2D eigenvalue weighted by atomic mass is 9.72. The van der Waals surface area contributed by atoms with Crippen molar-refractivity contribution in [2.24, 2.45) is 0 Å². The van der Waals surface area contributed by atoms with Crippen LogP contribution in [0.5, 0.6) is 0 Å². The Hall–Kier alpha value is -3.10. The normalized spacial score (nSPS) is 16.3. The smallest absolute Gasteiger partial charge is 0.235 e. The van der Waals surface area contributed by atoms with Crippen molar-refractivity contribution in [1.82, 2.24) is 14.3 Å². The molecule has 1 fully saturated rings. The van der Waals surface area contributed by atoms with E-state index in [4.69, 9.17) is 0 Å². The molecule has 0 unspecified atom stereocenters. The summed E-state index contributed by atoms with van der Waals surface area (Å²) in [4.78, 5) is 22.3. The van der Waals surface area contributed by atoms with E-state index in [1.165, 1.54) is 4.31 Å². The fourth-order valence-electron chi connectivity index (χ4n) is 4.36. The number of sulfonamides is 1. The van der Waals surface area contributed by atoms with E-state index >= 15 is 0 Å². The van der Waals surface area contributed by atoms with Crippen LogP contribution in [0.1, 0.15) is 31.2 Å². The van der Waals surface area contributed by atoms with E-state index in [2.05, 4.69) is 15.3 Å². The highest BCUT2D eigenvalue weighted by Gasteiger charge is 2.44. The molecule has 3 aromatic rings. The maximum atomic E-state index is 13.7. The molecule has 1 amide bonds. The first-order chi connectivity index (χ1) is 15.8. The molecule has 2 heterocycles. The van der Waals surface area contributed by atoms with Gasteiger partial charge in [0, 0.05) is 30.5 Å². The van der Waals surface area contributed by atoms with E-state index in [-0.39, 0.29) is 11.7 Å². The van der Waals surface area contributed by atoms with Crippen molar-refractivity contribution in [2.45, 2.75) is 32.1 Å². The van der Waals surface area contributed by atoms with Gasteiger partial charge in [-0.1, -0.05) is 42.5 Å². The minimum atomic E-state index is -3.29. The first-order valence-electron chi connectivity index (χ1n) is 11.1.